The number of halogens is 2. The molecule has 2 amide bonds. The van der Waals surface area contributed by atoms with E-state index in [1.165, 1.54) is 24.3 Å². The van der Waals surface area contributed by atoms with Crippen molar-refractivity contribution in [3.05, 3.63) is 70.5 Å². The van der Waals surface area contributed by atoms with Gasteiger partial charge in [0.2, 0.25) is 0 Å². The van der Waals surface area contributed by atoms with Crippen LogP contribution in [-0.2, 0) is 9.59 Å². The summed E-state index contributed by atoms with van der Waals surface area (Å²) in [5.41, 5.74) is 5.21. The summed E-state index contributed by atoms with van der Waals surface area (Å²) < 4.78 is 19.2. The first kappa shape index (κ1) is 17.7. The second-order valence-corrected chi connectivity index (χ2v) is 5.56. The van der Waals surface area contributed by atoms with Crippen LogP contribution in [0.1, 0.15) is 5.56 Å². The molecular weight excluding hydrogens is 379 g/mol. The minimum absolute atomic E-state index is 0.0338. The van der Waals surface area contributed by atoms with E-state index in [0.717, 1.165) is 10.0 Å². The Hall–Kier alpha value is -2.67. The molecule has 2 aromatic carbocycles. The summed E-state index contributed by atoms with van der Waals surface area (Å²) in [6.07, 6.45) is 2.88. The van der Waals surface area contributed by atoms with Crippen molar-refractivity contribution < 1.29 is 18.7 Å². The standard InChI is InChI=1S/C17H14BrFN2O3/c18-13-5-3-4-12(10-13)8-9-16(22)20-21-17(23)11-24-15-7-2-1-6-14(15)19/h1-10H,11H2,(H,20,22)(H,21,23)/b9-8+. The van der Waals surface area contributed by atoms with E-state index in [2.05, 4.69) is 26.8 Å². The van der Waals surface area contributed by atoms with Crippen molar-refractivity contribution in [2.24, 2.45) is 0 Å². The molecule has 2 aromatic rings. The monoisotopic (exact) mass is 392 g/mol. The molecule has 0 aliphatic rings. The molecule has 0 aliphatic heterocycles. The van der Waals surface area contributed by atoms with Crippen LogP contribution in [0.2, 0.25) is 0 Å². The number of amides is 2. The van der Waals surface area contributed by atoms with Crippen molar-refractivity contribution in [3.63, 3.8) is 0 Å². The maximum absolute atomic E-state index is 13.3. The van der Waals surface area contributed by atoms with E-state index in [9.17, 15) is 14.0 Å². The van der Waals surface area contributed by atoms with Gasteiger partial charge in [-0.05, 0) is 35.9 Å². The zero-order valence-corrected chi connectivity index (χ0v) is 14.0. The van der Waals surface area contributed by atoms with Gasteiger partial charge in [-0.15, -0.1) is 0 Å². The second kappa shape index (κ2) is 8.83. The largest absolute Gasteiger partial charge is 0.481 e. The van der Waals surface area contributed by atoms with Gasteiger partial charge in [-0.2, -0.15) is 0 Å². The highest BCUT2D eigenvalue weighted by molar-refractivity contribution is 9.10. The molecule has 0 aromatic heterocycles. The predicted molar refractivity (Wildman–Crippen MR) is 91.4 cm³/mol. The molecule has 0 aliphatic carbocycles. The lowest BCUT2D eigenvalue weighted by Crippen LogP contribution is -2.43. The molecule has 7 heteroatoms. The summed E-state index contributed by atoms with van der Waals surface area (Å²) in [6.45, 7) is -0.420. The van der Waals surface area contributed by atoms with Gasteiger partial charge >= 0.3 is 0 Å². The fraction of sp³-hybridized carbons (Fsp3) is 0.0588. The van der Waals surface area contributed by atoms with E-state index >= 15 is 0 Å². The summed E-state index contributed by atoms with van der Waals surface area (Å²) in [5.74, 6) is -1.71. The van der Waals surface area contributed by atoms with Crippen LogP contribution in [0.5, 0.6) is 5.75 Å². The first-order chi connectivity index (χ1) is 11.5. The number of rotatable bonds is 5. The molecule has 2 rings (SSSR count). The Kier molecular flexibility index (Phi) is 6.51. The Morgan fingerprint density at radius 3 is 2.67 bits per heavy atom. The van der Waals surface area contributed by atoms with Crippen LogP contribution in [-0.4, -0.2) is 18.4 Å². The lowest BCUT2D eigenvalue weighted by atomic mass is 10.2. The summed E-state index contributed by atoms with van der Waals surface area (Å²) in [5, 5.41) is 0. The van der Waals surface area contributed by atoms with Crippen LogP contribution in [0.25, 0.3) is 6.08 Å². The Balaban J connectivity index is 1.75. The highest BCUT2D eigenvalue weighted by Gasteiger charge is 2.06. The van der Waals surface area contributed by atoms with Gasteiger partial charge < -0.3 is 4.74 Å². The minimum Gasteiger partial charge on any atom is -0.481 e. The third kappa shape index (κ3) is 5.85. The number of hydrogen-bond donors (Lipinski definition) is 2. The van der Waals surface area contributed by atoms with Crippen molar-refractivity contribution in [3.8, 4) is 5.75 Å². The van der Waals surface area contributed by atoms with Crippen LogP contribution in [0.15, 0.2) is 59.1 Å². The zero-order valence-electron chi connectivity index (χ0n) is 12.5. The van der Waals surface area contributed by atoms with Crippen LogP contribution in [0.4, 0.5) is 4.39 Å². The number of carbonyl (C=O) groups excluding carboxylic acids is 2. The molecule has 0 unspecified atom stereocenters. The molecule has 0 radical (unpaired) electrons. The van der Waals surface area contributed by atoms with Gasteiger partial charge in [-0.25, -0.2) is 4.39 Å². The molecule has 5 nitrogen and oxygen atoms in total. The first-order valence-electron chi connectivity index (χ1n) is 6.94. The average molecular weight is 393 g/mol. The van der Waals surface area contributed by atoms with E-state index < -0.39 is 24.2 Å². The van der Waals surface area contributed by atoms with Gasteiger partial charge in [0, 0.05) is 10.5 Å². The molecule has 2 N–H and O–H groups in total. The van der Waals surface area contributed by atoms with Crippen molar-refractivity contribution in [1.29, 1.82) is 0 Å². The molecule has 0 atom stereocenters. The maximum atomic E-state index is 13.3. The van der Waals surface area contributed by atoms with Crippen LogP contribution in [0, 0.1) is 5.82 Å². The fourth-order valence-corrected chi connectivity index (χ4v) is 2.11. The van der Waals surface area contributed by atoms with Gasteiger partial charge in [-0.1, -0.05) is 40.2 Å². The normalized spacial score (nSPS) is 10.4. The number of benzene rings is 2. The Morgan fingerprint density at radius 2 is 1.92 bits per heavy atom. The van der Waals surface area contributed by atoms with E-state index in [1.54, 1.807) is 12.1 Å². The zero-order chi connectivity index (χ0) is 17.4. The SMILES string of the molecule is O=C(/C=C/c1cccc(Br)c1)NNC(=O)COc1ccccc1F. The lowest BCUT2D eigenvalue weighted by molar-refractivity contribution is -0.128. The molecule has 0 saturated heterocycles. The Morgan fingerprint density at radius 1 is 1.12 bits per heavy atom. The number of hydrogen-bond acceptors (Lipinski definition) is 3. The van der Waals surface area contributed by atoms with Crippen LogP contribution in [0.3, 0.4) is 0 Å². The fourth-order valence-electron chi connectivity index (χ4n) is 1.70. The number of nitrogens with one attached hydrogen (secondary N) is 2. The van der Waals surface area contributed by atoms with E-state index in [0.29, 0.717) is 0 Å². The van der Waals surface area contributed by atoms with Gasteiger partial charge in [0.25, 0.3) is 11.8 Å². The molecular formula is C17H14BrFN2O3. The van der Waals surface area contributed by atoms with Crippen molar-refractivity contribution >= 4 is 33.8 Å². The minimum atomic E-state index is -0.609. The van der Waals surface area contributed by atoms with Gasteiger partial charge in [0.05, 0.1) is 0 Å². The van der Waals surface area contributed by atoms with E-state index in [4.69, 9.17) is 4.74 Å². The summed E-state index contributed by atoms with van der Waals surface area (Å²) in [7, 11) is 0. The predicted octanol–water partition coefficient (Wildman–Crippen LogP) is 2.83. The van der Waals surface area contributed by atoms with Crippen molar-refractivity contribution in [2.75, 3.05) is 6.61 Å². The molecule has 0 spiro atoms. The highest BCUT2D eigenvalue weighted by Crippen LogP contribution is 2.15. The molecule has 124 valence electrons. The van der Waals surface area contributed by atoms with E-state index in [-0.39, 0.29) is 5.75 Å². The van der Waals surface area contributed by atoms with Crippen molar-refractivity contribution in [2.45, 2.75) is 0 Å². The van der Waals surface area contributed by atoms with Crippen LogP contribution >= 0.6 is 15.9 Å². The number of carbonyl (C=O) groups is 2. The number of ether oxygens (including phenoxy) is 1. The molecule has 0 saturated carbocycles. The molecule has 0 heterocycles. The Bertz CT molecular complexity index is 765. The Labute approximate surface area is 146 Å². The van der Waals surface area contributed by atoms with Gasteiger partial charge in [-0.3, -0.25) is 20.4 Å². The highest BCUT2D eigenvalue weighted by atomic mass is 79.9. The van der Waals surface area contributed by atoms with Gasteiger partial charge in [0.15, 0.2) is 18.2 Å². The molecule has 24 heavy (non-hydrogen) atoms. The topological polar surface area (TPSA) is 67.4 Å². The molecule has 0 bridgehead atoms. The maximum Gasteiger partial charge on any atom is 0.276 e. The summed E-state index contributed by atoms with van der Waals surface area (Å²) in [4.78, 5) is 23.2. The van der Waals surface area contributed by atoms with E-state index in [1.807, 2.05) is 24.3 Å². The quantitative estimate of drug-likeness (QED) is 0.607. The third-order valence-electron chi connectivity index (χ3n) is 2.80. The van der Waals surface area contributed by atoms with Crippen molar-refractivity contribution in [1.82, 2.24) is 10.9 Å². The average Bonchev–Trinajstić information content (AvgIpc) is 2.57. The summed E-state index contributed by atoms with van der Waals surface area (Å²) in [6, 6.07) is 13.1. The number of para-hydroxylation sites is 1. The second-order valence-electron chi connectivity index (χ2n) is 4.64. The number of hydrazine groups is 1. The first-order valence-corrected chi connectivity index (χ1v) is 7.73. The molecule has 0 fully saturated rings. The van der Waals surface area contributed by atoms with Gasteiger partial charge in [0.1, 0.15) is 0 Å². The third-order valence-corrected chi connectivity index (χ3v) is 3.29. The van der Waals surface area contributed by atoms with Crippen LogP contribution < -0.4 is 15.6 Å². The summed E-state index contributed by atoms with van der Waals surface area (Å²) >= 11 is 3.33. The smallest absolute Gasteiger partial charge is 0.276 e. The lowest BCUT2D eigenvalue weighted by Gasteiger charge is -2.08.